The van der Waals surface area contributed by atoms with E-state index < -0.39 is 7.60 Å². The van der Waals surface area contributed by atoms with E-state index in [0.29, 0.717) is 5.75 Å². The highest BCUT2D eigenvalue weighted by Gasteiger charge is 2.16. The summed E-state index contributed by atoms with van der Waals surface area (Å²) < 4.78 is 16.2. The quantitative estimate of drug-likeness (QED) is 0.783. The van der Waals surface area contributed by atoms with Crippen molar-refractivity contribution >= 4 is 7.60 Å². The molecule has 0 radical (unpaired) electrons. The number of aryl methyl sites for hydroxylation is 1. The van der Waals surface area contributed by atoms with E-state index in [-0.39, 0.29) is 0 Å². The lowest BCUT2D eigenvalue weighted by Gasteiger charge is -2.12. The molecule has 1 atom stereocenters. The highest BCUT2D eigenvalue weighted by Crippen LogP contribution is 2.44. The number of rotatable bonds is 3. The summed E-state index contributed by atoms with van der Waals surface area (Å²) >= 11 is 0. The molecule has 0 saturated heterocycles. The molecule has 0 aliphatic heterocycles. The lowest BCUT2D eigenvalue weighted by molar-refractivity contribution is 0.391. The van der Waals surface area contributed by atoms with Crippen LogP contribution in [-0.4, -0.2) is 4.89 Å². The van der Waals surface area contributed by atoms with Crippen LogP contribution in [0.2, 0.25) is 0 Å². The summed E-state index contributed by atoms with van der Waals surface area (Å²) in [6, 6.07) is 5.36. The number of hydrogen-bond donors (Lipinski definition) is 1. The molecule has 0 aliphatic carbocycles. The van der Waals surface area contributed by atoms with Gasteiger partial charge in [0, 0.05) is 5.82 Å². The van der Waals surface area contributed by atoms with Crippen LogP contribution in [0.4, 0.5) is 0 Å². The van der Waals surface area contributed by atoms with Gasteiger partial charge in [-0.15, -0.1) is 0 Å². The van der Waals surface area contributed by atoms with Crippen LogP contribution >= 0.6 is 7.60 Å². The molecule has 0 spiro atoms. The van der Waals surface area contributed by atoms with Crippen molar-refractivity contribution in [3.63, 3.8) is 0 Å². The van der Waals surface area contributed by atoms with Crippen LogP contribution in [0.5, 0.6) is 5.75 Å². The minimum absolute atomic E-state index is 0.427. The van der Waals surface area contributed by atoms with Crippen LogP contribution in [0.3, 0.4) is 0 Å². The Morgan fingerprint density at radius 3 is 2.71 bits per heavy atom. The molecule has 0 saturated carbocycles. The second-order valence-electron chi connectivity index (χ2n) is 3.04. The second kappa shape index (κ2) is 3.99. The van der Waals surface area contributed by atoms with E-state index in [1.807, 2.05) is 19.9 Å². The molecule has 0 bridgehead atoms. The van der Waals surface area contributed by atoms with Crippen LogP contribution in [0.25, 0.3) is 0 Å². The van der Waals surface area contributed by atoms with Crippen LogP contribution in [0, 0.1) is 13.8 Å². The van der Waals surface area contributed by atoms with Crippen LogP contribution in [0.1, 0.15) is 11.1 Å². The van der Waals surface area contributed by atoms with E-state index in [4.69, 9.17) is 4.52 Å². The first-order chi connectivity index (χ1) is 6.46. The maximum absolute atomic E-state index is 11.2. The van der Waals surface area contributed by atoms with E-state index in [1.165, 1.54) is 0 Å². The Balaban J connectivity index is 3.04. The summed E-state index contributed by atoms with van der Waals surface area (Å²) in [4.78, 5) is 9.21. The largest absolute Gasteiger partial charge is 0.421 e. The summed E-state index contributed by atoms with van der Waals surface area (Å²) in [6.07, 6.45) is 0. The van der Waals surface area contributed by atoms with Crippen molar-refractivity contribution in [3.8, 4) is 5.75 Å². The third kappa shape index (κ3) is 2.47. The standard InChI is InChI=1S/C10H13O3P/c1-4-14(11,12)13-10-7-5-6-8(2)9(10)3/h4-7H,1H2,2-3H3,(H,11,12). The molecule has 1 aromatic carbocycles. The van der Waals surface area contributed by atoms with Gasteiger partial charge in [-0.2, -0.15) is 0 Å². The average Bonchev–Trinajstić information content (AvgIpc) is 2.13. The topological polar surface area (TPSA) is 46.5 Å². The Morgan fingerprint density at radius 2 is 2.14 bits per heavy atom. The van der Waals surface area contributed by atoms with Crippen molar-refractivity contribution in [3.05, 3.63) is 41.7 Å². The molecule has 3 nitrogen and oxygen atoms in total. The van der Waals surface area contributed by atoms with E-state index in [2.05, 4.69) is 6.58 Å². The summed E-state index contributed by atoms with van der Waals surface area (Å²) in [5, 5.41) is 0. The SMILES string of the molecule is C=CP(=O)(O)Oc1cccc(C)c1C. The molecule has 1 aromatic rings. The van der Waals surface area contributed by atoms with Gasteiger partial charge in [0.1, 0.15) is 5.75 Å². The molecule has 76 valence electrons. The molecule has 1 unspecified atom stereocenters. The van der Waals surface area contributed by atoms with Gasteiger partial charge in [-0.25, -0.2) is 4.57 Å². The highest BCUT2D eigenvalue weighted by molar-refractivity contribution is 7.56. The summed E-state index contributed by atoms with van der Waals surface area (Å²) in [5.41, 5.74) is 1.88. The van der Waals surface area contributed by atoms with Crippen molar-refractivity contribution < 1.29 is 14.0 Å². The summed E-state index contributed by atoms with van der Waals surface area (Å²) in [5.74, 6) is 1.35. The van der Waals surface area contributed by atoms with Crippen molar-refractivity contribution in [1.82, 2.24) is 0 Å². The van der Waals surface area contributed by atoms with Gasteiger partial charge in [0.15, 0.2) is 0 Å². The molecule has 0 heterocycles. The molecule has 0 amide bonds. The number of benzene rings is 1. The fourth-order valence-electron chi connectivity index (χ4n) is 1.00. The first-order valence-electron chi connectivity index (χ1n) is 4.18. The minimum Gasteiger partial charge on any atom is -0.421 e. The zero-order chi connectivity index (χ0) is 10.8. The predicted octanol–water partition coefficient (Wildman–Crippen LogP) is 3.01. The molecule has 0 aliphatic rings. The molecule has 1 rings (SSSR count). The first kappa shape index (κ1) is 11.0. The maximum atomic E-state index is 11.2. The highest BCUT2D eigenvalue weighted by atomic mass is 31.2. The fraction of sp³-hybridized carbons (Fsp3) is 0.200. The van der Waals surface area contributed by atoms with Crippen LogP contribution < -0.4 is 4.52 Å². The zero-order valence-electron chi connectivity index (χ0n) is 8.23. The van der Waals surface area contributed by atoms with Crippen molar-refractivity contribution in [2.75, 3.05) is 0 Å². The lowest BCUT2D eigenvalue weighted by atomic mass is 10.1. The number of hydrogen-bond acceptors (Lipinski definition) is 2. The van der Waals surface area contributed by atoms with Crippen molar-refractivity contribution in [2.24, 2.45) is 0 Å². The second-order valence-corrected chi connectivity index (χ2v) is 4.71. The predicted molar refractivity (Wildman–Crippen MR) is 56.6 cm³/mol. The van der Waals surface area contributed by atoms with Gasteiger partial charge < -0.3 is 9.42 Å². The Bertz CT molecular complexity index is 398. The van der Waals surface area contributed by atoms with Gasteiger partial charge in [-0.05, 0) is 31.0 Å². The molecular weight excluding hydrogens is 199 g/mol. The van der Waals surface area contributed by atoms with Gasteiger partial charge in [-0.1, -0.05) is 18.7 Å². The lowest BCUT2D eigenvalue weighted by Crippen LogP contribution is -1.92. The Morgan fingerprint density at radius 1 is 1.50 bits per heavy atom. The van der Waals surface area contributed by atoms with Gasteiger partial charge in [0.05, 0.1) is 0 Å². The van der Waals surface area contributed by atoms with Crippen LogP contribution in [0.15, 0.2) is 30.6 Å². The van der Waals surface area contributed by atoms with Crippen molar-refractivity contribution in [1.29, 1.82) is 0 Å². The normalized spacial score (nSPS) is 14.5. The zero-order valence-corrected chi connectivity index (χ0v) is 9.12. The Labute approximate surface area is 83.6 Å². The van der Waals surface area contributed by atoms with Gasteiger partial charge in [0.25, 0.3) is 0 Å². The summed E-state index contributed by atoms with van der Waals surface area (Å²) in [6.45, 7) is 7.00. The Hall–Kier alpha value is -1.05. The minimum atomic E-state index is -3.68. The third-order valence-electron chi connectivity index (χ3n) is 2.01. The molecule has 14 heavy (non-hydrogen) atoms. The van der Waals surface area contributed by atoms with Gasteiger partial charge in [0.2, 0.25) is 0 Å². The smallest absolute Gasteiger partial charge is 0.400 e. The maximum Gasteiger partial charge on any atom is 0.400 e. The molecule has 1 N–H and O–H groups in total. The van der Waals surface area contributed by atoms with Gasteiger partial charge in [-0.3, -0.25) is 0 Å². The molecule has 4 heteroatoms. The van der Waals surface area contributed by atoms with E-state index >= 15 is 0 Å². The Kier molecular flexibility index (Phi) is 3.14. The monoisotopic (exact) mass is 212 g/mol. The third-order valence-corrected chi connectivity index (χ3v) is 2.93. The average molecular weight is 212 g/mol. The van der Waals surface area contributed by atoms with Crippen LogP contribution in [-0.2, 0) is 4.57 Å². The summed E-state index contributed by atoms with van der Waals surface area (Å²) in [7, 11) is -3.68. The molecular formula is C10H13O3P. The first-order valence-corrected chi connectivity index (χ1v) is 5.83. The fourth-order valence-corrected chi connectivity index (χ4v) is 1.56. The van der Waals surface area contributed by atoms with E-state index in [9.17, 15) is 9.46 Å². The van der Waals surface area contributed by atoms with Crippen molar-refractivity contribution in [2.45, 2.75) is 13.8 Å². The molecule has 0 fully saturated rings. The van der Waals surface area contributed by atoms with Gasteiger partial charge >= 0.3 is 7.60 Å². The molecule has 0 aromatic heterocycles. The van der Waals surface area contributed by atoms with E-state index in [0.717, 1.165) is 16.9 Å². The van der Waals surface area contributed by atoms with E-state index in [1.54, 1.807) is 12.1 Å².